The molecule has 0 spiro atoms. The zero-order chi connectivity index (χ0) is 8.72. The zero-order valence-corrected chi connectivity index (χ0v) is 11.0. The number of hydrogen-bond acceptors (Lipinski definition) is 2. The minimum atomic E-state index is 0.568. The number of rotatable bonds is 0. The molecule has 2 aromatic rings. The molecule has 0 atom stereocenters. The van der Waals surface area contributed by atoms with Crippen LogP contribution in [0.5, 0.6) is 0 Å². The van der Waals surface area contributed by atoms with Gasteiger partial charge in [0.2, 0.25) is 0 Å². The number of pyridine rings is 1. The van der Waals surface area contributed by atoms with Gasteiger partial charge in [-0.2, -0.15) is 0 Å². The van der Waals surface area contributed by atoms with Crippen molar-refractivity contribution in [1.29, 1.82) is 0 Å². The minimum absolute atomic E-state index is 0.568. The van der Waals surface area contributed by atoms with Crippen molar-refractivity contribution in [3.05, 3.63) is 24.8 Å². The lowest BCUT2D eigenvalue weighted by atomic mass is 10.3. The SMILES string of the molecule is Clc1ncc(I)c2scc(Br)c12. The van der Waals surface area contributed by atoms with E-state index in [0.29, 0.717) is 5.15 Å². The zero-order valence-electron chi connectivity index (χ0n) is 5.64. The molecule has 0 aliphatic carbocycles. The van der Waals surface area contributed by atoms with Crippen molar-refractivity contribution in [2.24, 2.45) is 0 Å². The average molecular weight is 374 g/mol. The van der Waals surface area contributed by atoms with E-state index in [4.69, 9.17) is 11.6 Å². The summed E-state index contributed by atoms with van der Waals surface area (Å²) in [6, 6.07) is 0. The molecule has 0 aliphatic rings. The first-order valence-corrected chi connectivity index (χ1v) is 6.20. The molecular formula is C7H2BrClINS. The summed E-state index contributed by atoms with van der Waals surface area (Å²) < 4.78 is 3.36. The second-order valence-electron chi connectivity index (χ2n) is 2.18. The number of halogens is 3. The molecule has 0 unspecified atom stereocenters. The first-order chi connectivity index (χ1) is 5.70. The van der Waals surface area contributed by atoms with Crippen molar-refractivity contribution in [2.45, 2.75) is 0 Å². The van der Waals surface area contributed by atoms with E-state index in [1.54, 1.807) is 17.5 Å². The van der Waals surface area contributed by atoms with Gasteiger partial charge < -0.3 is 0 Å². The smallest absolute Gasteiger partial charge is 0.138 e. The fraction of sp³-hybridized carbons (Fsp3) is 0. The third-order valence-corrected chi connectivity index (χ3v) is 4.87. The van der Waals surface area contributed by atoms with Crippen LogP contribution in [0.25, 0.3) is 10.1 Å². The molecule has 62 valence electrons. The summed E-state index contributed by atoms with van der Waals surface area (Å²) in [4.78, 5) is 4.07. The molecular weight excluding hydrogens is 372 g/mol. The monoisotopic (exact) mass is 373 g/mol. The predicted molar refractivity (Wildman–Crippen MR) is 65.0 cm³/mol. The van der Waals surface area contributed by atoms with E-state index in [2.05, 4.69) is 43.5 Å². The highest BCUT2D eigenvalue weighted by Crippen LogP contribution is 2.36. The van der Waals surface area contributed by atoms with Crippen LogP contribution in [-0.4, -0.2) is 4.98 Å². The molecule has 0 bridgehead atoms. The van der Waals surface area contributed by atoms with Crippen molar-refractivity contribution in [3.8, 4) is 0 Å². The Morgan fingerprint density at radius 1 is 1.58 bits per heavy atom. The molecule has 0 radical (unpaired) electrons. The van der Waals surface area contributed by atoms with E-state index in [1.807, 2.05) is 5.38 Å². The van der Waals surface area contributed by atoms with Gasteiger partial charge in [-0.05, 0) is 38.5 Å². The molecule has 12 heavy (non-hydrogen) atoms. The van der Waals surface area contributed by atoms with Gasteiger partial charge in [0.05, 0.1) is 4.70 Å². The maximum Gasteiger partial charge on any atom is 0.138 e. The Bertz CT molecular complexity index is 442. The number of thiophene rings is 1. The van der Waals surface area contributed by atoms with Crippen LogP contribution in [0.4, 0.5) is 0 Å². The second kappa shape index (κ2) is 3.40. The lowest BCUT2D eigenvalue weighted by Crippen LogP contribution is -1.78. The number of aromatic nitrogens is 1. The maximum atomic E-state index is 5.94. The molecule has 2 heterocycles. The molecule has 0 aromatic carbocycles. The van der Waals surface area contributed by atoms with Crippen LogP contribution >= 0.6 is 61.5 Å². The van der Waals surface area contributed by atoms with E-state index < -0.39 is 0 Å². The first-order valence-electron chi connectivity index (χ1n) is 3.07. The van der Waals surface area contributed by atoms with E-state index in [1.165, 1.54) is 4.70 Å². The van der Waals surface area contributed by atoms with Crippen LogP contribution in [0.1, 0.15) is 0 Å². The summed E-state index contributed by atoms with van der Waals surface area (Å²) in [5.74, 6) is 0. The second-order valence-corrected chi connectivity index (χ2v) is 5.44. The molecule has 5 heteroatoms. The van der Waals surface area contributed by atoms with Crippen LogP contribution in [0.15, 0.2) is 16.0 Å². The lowest BCUT2D eigenvalue weighted by Gasteiger charge is -1.95. The number of hydrogen-bond donors (Lipinski definition) is 0. The highest BCUT2D eigenvalue weighted by Gasteiger charge is 2.09. The molecule has 0 saturated heterocycles. The van der Waals surface area contributed by atoms with Crippen molar-refractivity contribution in [2.75, 3.05) is 0 Å². The Morgan fingerprint density at radius 3 is 3.00 bits per heavy atom. The first kappa shape index (κ1) is 9.18. The number of fused-ring (bicyclic) bond motifs is 1. The molecule has 2 aromatic heterocycles. The van der Waals surface area contributed by atoms with Gasteiger partial charge in [0.15, 0.2) is 0 Å². The largest absolute Gasteiger partial charge is 0.243 e. The third-order valence-electron chi connectivity index (χ3n) is 1.46. The highest BCUT2D eigenvalue weighted by atomic mass is 127. The summed E-state index contributed by atoms with van der Waals surface area (Å²) in [7, 11) is 0. The van der Waals surface area contributed by atoms with Gasteiger partial charge in [0.1, 0.15) is 5.15 Å². The van der Waals surface area contributed by atoms with Crippen molar-refractivity contribution in [3.63, 3.8) is 0 Å². The lowest BCUT2D eigenvalue weighted by molar-refractivity contribution is 1.35. The van der Waals surface area contributed by atoms with E-state index in [0.717, 1.165) is 13.4 Å². The minimum Gasteiger partial charge on any atom is -0.243 e. The Kier molecular flexibility index (Phi) is 2.60. The highest BCUT2D eigenvalue weighted by molar-refractivity contribution is 14.1. The maximum absolute atomic E-state index is 5.94. The predicted octanol–water partition coefficient (Wildman–Crippen LogP) is 4.32. The normalized spacial score (nSPS) is 10.9. The fourth-order valence-electron chi connectivity index (χ4n) is 0.941. The standard InChI is InChI=1S/C7H2BrClINS/c8-3-2-12-6-4(10)1-11-7(9)5(3)6/h1-2H. The summed E-state index contributed by atoms with van der Waals surface area (Å²) in [6.07, 6.45) is 1.79. The molecule has 1 nitrogen and oxygen atoms in total. The molecule has 2 rings (SSSR count). The van der Waals surface area contributed by atoms with E-state index >= 15 is 0 Å². The van der Waals surface area contributed by atoms with Gasteiger partial charge in [0.25, 0.3) is 0 Å². The summed E-state index contributed by atoms with van der Waals surface area (Å²) in [5.41, 5.74) is 0. The van der Waals surface area contributed by atoms with Crippen LogP contribution in [-0.2, 0) is 0 Å². The van der Waals surface area contributed by atoms with Crippen molar-refractivity contribution in [1.82, 2.24) is 4.98 Å². The van der Waals surface area contributed by atoms with Crippen molar-refractivity contribution < 1.29 is 0 Å². The molecule has 0 aliphatic heterocycles. The quantitative estimate of drug-likeness (QED) is 0.494. The summed E-state index contributed by atoms with van der Waals surface area (Å²) in [6.45, 7) is 0. The van der Waals surface area contributed by atoms with Gasteiger partial charge in [-0.25, -0.2) is 4.98 Å². The molecule has 0 fully saturated rings. The van der Waals surface area contributed by atoms with Crippen LogP contribution < -0.4 is 0 Å². The Hall–Kier alpha value is 0.610. The van der Waals surface area contributed by atoms with E-state index in [9.17, 15) is 0 Å². The fourth-order valence-corrected chi connectivity index (χ4v) is 3.77. The Morgan fingerprint density at radius 2 is 2.33 bits per heavy atom. The average Bonchev–Trinajstić information content (AvgIpc) is 2.42. The van der Waals surface area contributed by atoms with E-state index in [-0.39, 0.29) is 0 Å². The van der Waals surface area contributed by atoms with Crippen molar-refractivity contribution >= 4 is 71.5 Å². The van der Waals surface area contributed by atoms with Gasteiger partial charge in [0, 0.05) is 25.0 Å². The van der Waals surface area contributed by atoms with Crippen LogP contribution in [0.3, 0.4) is 0 Å². The van der Waals surface area contributed by atoms with Crippen LogP contribution in [0.2, 0.25) is 5.15 Å². The third kappa shape index (κ3) is 1.38. The Balaban J connectivity index is 2.98. The summed E-state index contributed by atoms with van der Waals surface area (Å²) >= 11 is 13.3. The molecule has 0 N–H and O–H groups in total. The van der Waals surface area contributed by atoms with Gasteiger partial charge >= 0.3 is 0 Å². The molecule has 0 saturated carbocycles. The topological polar surface area (TPSA) is 12.9 Å². The number of nitrogens with zero attached hydrogens (tertiary/aromatic N) is 1. The van der Waals surface area contributed by atoms with Gasteiger partial charge in [-0.15, -0.1) is 11.3 Å². The Labute approximate surface area is 100 Å². The van der Waals surface area contributed by atoms with Gasteiger partial charge in [-0.1, -0.05) is 11.6 Å². The van der Waals surface area contributed by atoms with Crippen LogP contribution in [0, 0.1) is 3.57 Å². The molecule has 0 amide bonds. The summed E-state index contributed by atoms with van der Waals surface area (Å²) in [5, 5.41) is 3.62. The van der Waals surface area contributed by atoms with Gasteiger partial charge in [-0.3, -0.25) is 0 Å².